The van der Waals surface area contributed by atoms with Gasteiger partial charge in [0.1, 0.15) is 4.32 Å². The second-order valence-electron chi connectivity index (χ2n) is 2.72. The first-order valence-corrected chi connectivity index (χ1v) is 4.41. The fraction of sp³-hybridized carbons (Fsp3) is 0.857. The highest BCUT2D eigenvalue weighted by atomic mass is 32.1. The Labute approximate surface area is 74.2 Å². The lowest BCUT2D eigenvalue weighted by Crippen LogP contribution is -2.29. The number of thiocarbonyl (C=S) groups is 1. The van der Waals surface area contributed by atoms with Gasteiger partial charge < -0.3 is 4.90 Å². The van der Waals surface area contributed by atoms with Crippen LogP contribution in [-0.2, 0) is 0 Å². The predicted molar refractivity (Wildman–Crippen MR) is 53.7 cm³/mol. The van der Waals surface area contributed by atoms with Gasteiger partial charge in [0.15, 0.2) is 0 Å². The summed E-state index contributed by atoms with van der Waals surface area (Å²) in [4.78, 5) is 2.09. The van der Waals surface area contributed by atoms with Gasteiger partial charge in [0, 0.05) is 13.1 Å². The molecule has 0 radical (unpaired) electrons. The van der Waals surface area contributed by atoms with Crippen molar-refractivity contribution >= 4 is 29.2 Å². The SMILES string of the molecule is CCN(CC(C)C)C(=S)S. The third-order valence-corrected chi connectivity index (χ3v) is 1.78. The van der Waals surface area contributed by atoms with E-state index in [1.165, 1.54) is 0 Å². The molecule has 0 aromatic heterocycles. The lowest BCUT2D eigenvalue weighted by molar-refractivity contribution is 0.393. The zero-order valence-electron chi connectivity index (χ0n) is 6.79. The predicted octanol–water partition coefficient (Wildman–Crippen LogP) is 2.18. The van der Waals surface area contributed by atoms with Crippen LogP contribution < -0.4 is 0 Å². The van der Waals surface area contributed by atoms with Gasteiger partial charge in [0.25, 0.3) is 0 Å². The maximum absolute atomic E-state index is 4.92. The van der Waals surface area contributed by atoms with Crippen LogP contribution in [0.1, 0.15) is 20.8 Å². The van der Waals surface area contributed by atoms with Gasteiger partial charge in [-0.25, -0.2) is 0 Å². The van der Waals surface area contributed by atoms with E-state index in [1.807, 2.05) is 0 Å². The summed E-state index contributed by atoms with van der Waals surface area (Å²) in [5.41, 5.74) is 0. The fourth-order valence-electron chi connectivity index (χ4n) is 0.783. The molecule has 0 fully saturated rings. The van der Waals surface area contributed by atoms with Crippen LogP contribution in [0.25, 0.3) is 0 Å². The molecule has 0 aliphatic heterocycles. The van der Waals surface area contributed by atoms with Crippen LogP contribution in [-0.4, -0.2) is 22.3 Å². The summed E-state index contributed by atoms with van der Waals surface area (Å²) in [6, 6.07) is 0. The molecule has 0 saturated heterocycles. The van der Waals surface area contributed by atoms with E-state index in [4.69, 9.17) is 12.2 Å². The van der Waals surface area contributed by atoms with Gasteiger partial charge in [-0.05, 0) is 12.8 Å². The summed E-state index contributed by atoms with van der Waals surface area (Å²) in [5.74, 6) is 0.657. The van der Waals surface area contributed by atoms with Crippen molar-refractivity contribution in [2.24, 2.45) is 5.92 Å². The first-order valence-electron chi connectivity index (χ1n) is 3.55. The molecule has 0 N–H and O–H groups in total. The topological polar surface area (TPSA) is 3.24 Å². The fourth-order valence-corrected chi connectivity index (χ4v) is 1.21. The molecule has 0 saturated carbocycles. The number of rotatable bonds is 3. The second-order valence-corrected chi connectivity index (χ2v) is 3.83. The molecule has 3 heteroatoms. The molecule has 0 aliphatic carbocycles. The molecule has 0 unspecified atom stereocenters. The van der Waals surface area contributed by atoms with E-state index in [-0.39, 0.29) is 0 Å². The van der Waals surface area contributed by atoms with Crippen LogP contribution >= 0.6 is 24.8 Å². The van der Waals surface area contributed by atoms with Gasteiger partial charge in [-0.15, -0.1) is 12.6 Å². The van der Waals surface area contributed by atoms with Gasteiger partial charge in [-0.3, -0.25) is 0 Å². The van der Waals surface area contributed by atoms with Crippen LogP contribution in [0.5, 0.6) is 0 Å². The van der Waals surface area contributed by atoms with Crippen LogP contribution in [0.2, 0.25) is 0 Å². The molecule has 0 atom stereocenters. The van der Waals surface area contributed by atoms with Crippen molar-refractivity contribution < 1.29 is 0 Å². The van der Waals surface area contributed by atoms with Crippen molar-refractivity contribution in [3.05, 3.63) is 0 Å². The molecular formula is C7H15NS2. The Morgan fingerprint density at radius 1 is 1.60 bits per heavy atom. The Hall–Kier alpha value is 0.240. The minimum Gasteiger partial charge on any atom is -0.358 e. The summed E-state index contributed by atoms with van der Waals surface area (Å²) in [6.07, 6.45) is 0. The van der Waals surface area contributed by atoms with Crippen molar-refractivity contribution in [3.8, 4) is 0 Å². The number of hydrogen-bond donors (Lipinski definition) is 1. The summed E-state index contributed by atoms with van der Waals surface area (Å²) in [7, 11) is 0. The van der Waals surface area contributed by atoms with Crippen molar-refractivity contribution in [2.45, 2.75) is 20.8 Å². The van der Waals surface area contributed by atoms with E-state index in [2.05, 4.69) is 38.3 Å². The van der Waals surface area contributed by atoms with E-state index >= 15 is 0 Å². The highest BCUT2D eigenvalue weighted by Gasteiger charge is 2.04. The standard InChI is InChI=1S/C7H15NS2/c1-4-8(7(9)10)5-6(2)3/h6H,4-5H2,1-3H3,(H,9,10). The third-order valence-electron chi connectivity index (χ3n) is 1.24. The molecule has 1 nitrogen and oxygen atoms in total. The van der Waals surface area contributed by atoms with Crippen LogP contribution in [0.15, 0.2) is 0 Å². The third kappa shape index (κ3) is 4.12. The Morgan fingerprint density at radius 3 is 2.20 bits per heavy atom. The van der Waals surface area contributed by atoms with Gasteiger partial charge in [0.2, 0.25) is 0 Å². The lowest BCUT2D eigenvalue weighted by Gasteiger charge is -2.22. The number of hydrogen-bond acceptors (Lipinski definition) is 1. The highest BCUT2D eigenvalue weighted by molar-refractivity contribution is 8.10. The molecule has 0 aliphatic rings. The second kappa shape index (κ2) is 4.97. The van der Waals surface area contributed by atoms with E-state index < -0.39 is 0 Å². The molecule has 0 aromatic rings. The molecule has 0 spiro atoms. The smallest absolute Gasteiger partial charge is 0.133 e. The van der Waals surface area contributed by atoms with Crippen molar-refractivity contribution in [2.75, 3.05) is 13.1 Å². The summed E-state index contributed by atoms with van der Waals surface area (Å²) >= 11 is 9.03. The quantitative estimate of drug-likeness (QED) is 0.520. The average Bonchev–Trinajstić information content (AvgIpc) is 1.81. The van der Waals surface area contributed by atoms with Crippen molar-refractivity contribution in [1.82, 2.24) is 4.90 Å². The van der Waals surface area contributed by atoms with E-state index in [9.17, 15) is 0 Å². The van der Waals surface area contributed by atoms with Gasteiger partial charge in [-0.2, -0.15) is 0 Å². The van der Waals surface area contributed by atoms with Crippen molar-refractivity contribution in [1.29, 1.82) is 0 Å². The van der Waals surface area contributed by atoms with Gasteiger partial charge in [0.05, 0.1) is 0 Å². The Morgan fingerprint density at radius 2 is 2.10 bits per heavy atom. The first-order chi connectivity index (χ1) is 4.57. The van der Waals surface area contributed by atoms with E-state index in [1.54, 1.807) is 0 Å². The maximum atomic E-state index is 4.92. The molecule has 0 heterocycles. The van der Waals surface area contributed by atoms with E-state index in [0.29, 0.717) is 10.2 Å². The van der Waals surface area contributed by atoms with Gasteiger partial charge in [-0.1, -0.05) is 26.1 Å². The molecule has 0 amide bonds. The largest absolute Gasteiger partial charge is 0.358 e. The van der Waals surface area contributed by atoms with E-state index in [0.717, 1.165) is 13.1 Å². The monoisotopic (exact) mass is 177 g/mol. The molecule has 0 aromatic carbocycles. The Bertz CT molecular complexity index is 112. The summed E-state index contributed by atoms with van der Waals surface area (Å²) < 4.78 is 0.705. The zero-order chi connectivity index (χ0) is 8.15. The zero-order valence-corrected chi connectivity index (χ0v) is 8.51. The normalized spacial score (nSPS) is 10.1. The lowest BCUT2D eigenvalue weighted by atomic mass is 10.2. The van der Waals surface area contributed by atoms with Crippen LogP contribution in [0.4, 0.5) is 0 Å². The Balaban J connectivity index is 3.72. The molecule has 0 rings (SSSR count). The van der Waals surface area contributed by atoms with Crippen LogP contribution in [0, 0.1) is 5.92 Å². The minimum atomic E-state index is 0.657. The number of thiol groups is 1. The van der Waals surface area contributed by atoms with Crippen LogP contribution in [0.3, 0.4) is 0 Å². The average molecular weight is 177 g/mol. The Kier molecular flexibility index (Phi) is 5.09. The number of nitrogens with zero attached hydrogens (tertiary/aromatic N) is 1. The summed E-state index contributed by atoms with van der Waals surface area (Å²) in [5, 5.41) is 0. The maximum Gasteiger partial charge on any atom is 0.133 e. The highest BCUT2D eigenvalue weighted by Crippen LogP contribution is 2.01. The first kappa shape index (κ1) is 10.2. The molecule has 0 bridgehead atoms. The molecular weight excluding hydrogens is 162 g/mol. The minimum absolute atomic E-state index is 0.657. The molecule has 10 heavy (non-hydrogen) atoms. The van der Waals surface area contributed by atoms with Gasteiger partial charge >= 0.3 is 0 Å². The summed E-state index contributed by atoms with van der Waals surface area (Å²) in [6.45, 7) is 8.41. The molecule has 60 valence electrons. The van der Waals surface area contributed by atoms with Crippen molar-refractivity contribution in [3.63, 3.8) is 0 Å².